The van der Waals surface area contributed by atoms with Crippen molar-refractivity contribution in [2.45, 2.75) is 11.8 Å². The maximum Gasteiger partial charge on any atom is 0.230 e. The molecule has 104 valence electrons. The first kappa shape index (κ1) is 15.3. The molecule has 1 aromatic rings. The van der Waals surface area contributed by atoms with Crippen molar-refractivity contribution < 1.29 is 14.0 Å². The number of nitrogens with two attached hydrogens (primary N) is 1. The molecule has 5 nitrogen and oxygen atoms in total. The first-order valence-corrected chi connectivity index (χ1v) is 6.66. The van der Waals surface area contributed by atoms with Crippen molar-refractivity contribution >= 4 is 29.3 Å². The Morgan fingerprint density at radius 2 is 2.00 bits per heavy atom. The smallest absolute Gasteiger partial charge is 0.230 e. The lowest BCUT2D eigenvalue weighted by molar-refractivity contribution is -0.120. The average Bonchev–Trinajstić information content (AvgIpc) is 2.36. The zero-order valence-electron chi connectivity index (χ0n) is 10.5. The second-order valence-electron chi connectivity index (χ2n) is 3.80. The van der Waals surface area contributed by atoms with Crippen LogP contribution >= 0.6 is 11.8 Å². The van der Waals surface area contributed by atoms with Gasteiger partial charge in [0, 0.05) is 24.9 Å². The minimum absolute atomic E-state index is 0.0871. The summed E-state index contributed by atoms with van der Waals surface area (Å²) in [5, 5.41) is 5.21. The molecule has 0 bridgehead atoms. The first-order valence-electron chi connectivity index (χ1n) is 5.68. The molecular weight excluding hydrogens is 269 g/mol. The molecule has 2 amide bonds. The number of amides is 2. The molecule has 0 aliphatic carbocycles. The number of anilines is 1. The minimum atomic E-state index is -0.490. The standard InChI is InChI=1S/C12H16FN3O2S/c1-8(17)15-4-5-16-12(18)7-19-9-2-3-11(14)10(13)6-9/h2-3,6H,4-5,7,14H2,1H3,(H,15,17)(H,16,18). The van der Waals surface area contributed by atoms with Crippen LogP contribution in [0.1, 0.15) is 6.92 Å². The van der Waals surface area contributed by atoms with Crippen LogP contribution in [0.15, 0.2) is 23.1 Å². The van der Waals surface area contributed by atoms with Crippen molar-refractivity contribution in [2.24, 2.45) is 0 Å². The predicted octanol–water partition coefficient (Wildman–Crippen LogP) is 0.752. The van der Waals surface area contributed by atoms with Crippen LogP contribution in [0, 0.1) is 5.82 Å². The van der Waals surface area contributed by atoms with Gasteiger partial charge in [-0.3, -0.25) is 9.59 Å². The van der Waals surface area contributed by atoms with E-state index in [-0.39, 0.29) is 23.3 Å². The molecule has 4 N–H and O–H groups in total. The summed E-state index contributed by atoms with van der Waals surface area (Å²) in [7, 11) is 0. The summed E-state index contributed by atoms with van der Waals surface area (Å²) in [5.41, 5.74) is 5.44. The van der Waals surface area contributed by atoms with Gasteiger partial charge in [-0.25, -0.2) is 4.39 Å². The number of thioether (sulfide) groups is 1. The fourth-order valence-electron chi connectivity index (χ4n) is 1.24. The molecule has 1 aromatic carbocycles. The number of halogens is 1. The van der Waals surface area contributed by atoms with E-state index in [1.165, 1.54) is 30.8 Å². The molecule has 0 saturated carbocycles. The second kappa shape index (κ2) is 7.63. The van der Waals surface area contributed by atoms with Crippen LogP contribution in [0.25, 0.3) is 0 Å². The van der Waals surface area contributed by atoms with E-state index in [0.717, 1.165) is 0 Å². The van der Waals surface area contributed by atoms with Crippen LogP contribution in [0.2, 0.25) is 0 Å². The number of rotatable bonds is 6. The fraction of sp³-hybridized carbons (Fsp3) is 0.333. The molecule has 0 aliphatic heterocycles. The van der Waals surface area contributed by atoms with Gasteiger partial charge in [0.25, 0.3) is 0 Å². The molecule has 0 saturated heterocycles. The maximum atomic E-state index is 13.1. The summed E-state index contributed by atoms with van der Waals surface area (Å²) in [6.45, 7) is 2.17. The Morgan fingerprint density at radius 3 is 2.63 bits per heavy atom. The Kier molecular flexibility index (Phi) is 6.14. The Labute approximate surface area is 115 Å². The van der Waals surface area contributed by atoms with E-state index in [1.54, 1.807) is 6.07 Å². The van der Waals surface area contributed by atoms with Gasteiger partial charge in [-0.15, -0.1) is 11.8 Å². The highest BCUT2D eigenvalue weighted by Gasteiger charge is 2.04. The highest BCUT2D eigenvalue weighted by Crippen LogP contribution is 2.21. The van der Waals surface area contributed by atoms with Gasteiger partial charge < -0.3 is 16.4 Å². The number of nitrogen functional groups attached to an aromatic ring is 1. The molecule has 19 heavy (non-hydrogen) atoms. The molecule has 0 atom stereocenters. The van der Waals surface area contributed by atoms with E-state index in [1.807, 2.05) is 0 Å². The summed E-state index contributed by atoms with van der Waals surface area (Å²) >= 11 is 1.22. The van der Waals surface area contributed by atoms with Gasteiger partial charge in [-0.1, -0.05) is 0 Å². The molecule has 0 radical (unpaired) electrons. The zero-order valence-corrected chi connectivity index (χ0v) is 11.3. The van der Waals surface area contributed by atoms with Crippen LogP contribution < -0.4 is 16.4 Å². The number of carbonyl (C=O) groups is 2. The normalized spacial score (nSPS) is 10.0. The molecule has 0 fully saturated rings. The summed E-state index contributed by atoms with van der Waals surface area (Å²) in [6, 6.07) is 4.42. The quantitative estimate of drug-likeness (QED) is 0.409. The number of hydrogen-bond donors (Lipinski definition) is 3. The SMILES string of the molecule is CC(=O)NCCNC(=O)CSc1ccc(N)c(F)c1. The number of nitrogens with one attached hydrogen (secondary N) is 2. The van der Waals surface area contributed by atoms with E-state index in [9.17, 15) is 14.0 Å². The van der Waals surface area contributed by atoms with Gasteiger partial charge in [0.2, 0.25) is 11.8 Å². The second-order valence-corrected chi connectivity index (χ2v) is 4.85. The van der Waals surface area contributed by atoms with Gasteiger partial charge in [0.05, 0.1) is 11.4 Å². The van der Waals surface area contributed by atoms with Crippen LogP contribution in [0.5, 0.6) is 0 Å². The van der Waals surface area contributed by atoms with E-state index in [0.29, 0.717) is 18.0 Å². The molecule has 7 heteroatoms. The Bertz CT molecular complexity index is 468. The van der Waals surface area contributed by atoms with Crippen molar-refractivity contribution in [1.29, 1.82) is 0 Å². The van der Waals surface area contributed by atoms with Gasteiger partial charge in [0.1, 0.15) is 5.82 Å². The van der Waals surface area contributed by atoms with Crippen LogP contribution in [0.3, 0.4) is 0 Å². The zero-order chi connectivity index (χ0) is 14.3. The van der Waals surface area contributed by atoms with Crippen molar-refractivity contribution in [3.63, 3.8) is 0 Å². The summed E-state index contributed by atoms with van der Waals surface area (Å²) in [5.74, 6) is -0.617. The third-order valence-electron chi connectivity index (χ3n) is 2.16. The monoisotopic (exact) mass is 285 g/mol. The van der Waals surface area contributed by atoms with Crippen molar-refractivity contribution in [3.05, 3.63) is 24.0 Å². The lowest BCUT2D eigenvalue weighted by Crippen LogP contribution is -2.34. The van der Waals surface area contributed by atoms with Crippen LogP contribution in [-0.4, -0.2) is 30.7 Å². The molecule has 0 aromatic heterocycles. The third kappa shape index (κ3) is 6.10. The lowest BCUT2D eigenvalue weighted by Gasteiger charge is -2.06. The van der Waals surface area contributed by atoms with E-state index < -0.39 is 5.82 Å². The third-order valence-corrected chi connectivity index (χ3v) is 3.16. The van der Waals surface area contributed by atoms with Gasteiger partial charge in [-0.2, -0.15) is 0 Å². The summed E-state index contributed by atoms with van der Waals surface area (Å²) < 4.78 is 13.1. The van der Waals surface area contributed by atoms with E-state index >= 15 is 0 Å². The maximum absolute atomic E-state index is 13.1. The lowest BCUT2D eigenvalue weighted by atomic mass is 10.3. The Hall–Kier alpha value is -1.76. The van der Waals surface area contributed by atoms with E-state index in [4.69, 9.17) is 5.73 Å². The molecule has 0 spiro atoms. The largest absolute Gasteiger partial charge is 0.396 e. The summed E-state index contributed by atoms with van der Waals surface area (Å²) in [6.07, 6.45) is 0. The highest BCUT2D eigenvalue weighted by atomic mass is 32.2. The van der Waals surface area contributed by atoms with Crippen LogP contribution in [0.4, 0.5) is 10.1 Å². The predicted molar refractivity (Wildman–Crippen MR) is 73.2 cm³/mol. The van der Waals surface area contributed by atoms with Crippen LogP contribution in [-0.2, 0) is 9.59 Å². The minimum Gasteiger partial charge on any atom is -0.396 e. The molecule has 0 heterocycles. The van der Waals surface area contributed by atoms with Crippen molar-refractivity contribution in [1.82, 2.24) is 10.6 Å². The van der Waals surface area contributed by atoms with Gasteiger partial charge >= 0.3 is 0 Å². The van der Waals surface area contributed by atoms with Crippen molar-refractivity contribution in [3.8, 4) is 0 Å². The number of carbonyl (C=O) groups excluding carboxylic acids is 2. The molecule has 1 rings (SSSR count). The first-order chi connectivity index (χ1) is 8.99. The molecule has 0 aliphatic rings. The van der Waals surface area contributed by atoms with Gasteiger partial charge in [0.15, 0.2) is 0 Å². The summed E-state index contributed by atoms with van der Waals surface area (Å²) in [4.78, 5) is 22.7. The average molecular weight is 285 g/mol. The Morgan fingerprint density at radius 1 is 1.32 bits per heavy atom. The Balaban J connectivity index is 2.26. The topological polar surface area (TPSA) is 84.2 Å². The van der Waals surface area contributed by atoms with E-state index in [2.05, 4.69) is 10.6 Å². The molecular formula is C12H16FN3O2S. The highest BCUT2D eigenvalue weighted by molar-refractivity contribution is 8.00. The van der Waals surface area contributed by atoms with Crippen molar-refractivity contribution in [2.75, 3.05) is 24.6 Å². The molecule has 0 unspecified atom stereocenters. The van der Waals surface area contributed by atoms with Gasteiger partial charge in [-0.05, 0) is 18.2 Å². The number of benzene rings is 1. The fourth-order valence-corrected chi connectivity index (χ4v) is 1.99. The number of hydrogen-bond acceptors (Lipinski definition) is 4.